The zero-order valence-electron chi connectivity index (χ0n) is 26.7. The molecule has 0 fully saturated rings. The van der Waals surface area contributed by atoms with Crippen LogP contribution in [0.2, 0.25) is 0 Å². The third kappa shape index (κ3) is 9.21. The van der Waals surface area contributed by atoms with Gasteiger partial charge < -0.3 is 20.5 Å². The van der Waals surface area contributed by atoms with Crippen molar-refractivity contribution in [3.8, 4) is 28.3 Å². The average Bonchev–Trinajstić information content (AvgIpc) is 3.48. The second-order valence-corrected chi connectivity index (χ2v) is 14.0. The standard InChI is InChI=1S/C35H40N4O5S/c1-21(33(43)44-35(5,6)7)38-31(41)27(39-32(42)28-16-17-29(45-28)34(2,3)4)18-22-8-10-24(11-9-22)30-36-19-25(20-37-30)23-12-14-26(40)15-13-23/h8-17,19-21,27,40H,18H2,1-7H3,(H,38,41)(H,39,42)/t21-,27+/m1/s1. The topological polar surface area (TPSA) is 131 Å². The van der Waals surface area contributed by atoms with Gasteiger partial charge in [-0.3, -0.25) is 9.59 Å². The zero-order chi connectivity index (χ0) is 32.9. The lowest BCUT2D eigenvalue weighted by Gasteiger charge is -2.24. The molecule has 0 spiro atoms. The summed E-state index contributed by atoms with van der Waals surface area (Å²) in [7, 11) is 0. The lowest BCUT2D eigenvalue weighted by atomic mass is 9.95. The van der Waals surface area contributed by atoms with E-state index >= 15 is 0 Å². The predicted octanol–water partition coefficient (Wildman–Crippen LogP) is 6.06. The van der Waals surface area contributed by atoms with Gasteiger partial charge in [0, 0.05) is 34.8 Å². The third-order valence-electron chi connectivity index (χ3n) is 6.81. The second-order valence-electron chi connectivity index (χ2n) is 12.9. The Morgan fingerprint density at radius 3 is 1.98 bits per heavy atom. The van der Waals surface area contributed by atoms with Crippen LogP contribution in [0, 0.1) is 0 Å². The van der Waals surface area contributed by atoms with E-state index in [1.807, 2.05) is 30.3 Å². The van der Waals surface area contributed by atoms with Crippen LogP contribution in [0.15, 0.2) is 73.1 Å². The average molecular weight is 629 g/mol. The molecule has 45 heavy (non-hydrogen) atoms. The van der Waals surface area contributed by atoms with Gasteiger partial charge in [0.1, 0.15) is 23.4 Å². The van der Waals surface area contributed by atoms with Gasteiger partial charge in [-0.25, -0.2) is 14.8 Å². The summed E-state index contributed by atoms with van der Waals surface area (Å²) in [6.07, 6.45) is 3.64. The Morgan fingerprint density at radius 2 is 1.42 bits per heavy atom. The quantitative estimate of drug-likeness (QED) is 0.192. The van der Waals surface area contributed by atoms with Gasteiger partial charge >= 0.3 is 5.97 Å². The summed E-state index contributed by atoms with van der Waals surface area (Å²) in [4.78, 5) is 49.8. The van der Waals surface area contributed by atoms with Gasteiger partial charge in [0.15, 0.2) is 5.82 Å². The number of phenols is 1. The molecule has 2 atom stereocenters. The number of amides is 2. The molecule has 9 nitrogen and oxygen atoms in total. The van der Waals surface area contributed by atoms with Gasteiger partial charge in [0.2, 0.25) is 5.91 Å². The number of hydrogen-bond donors (Lipinski definition) is 3. The van der Waals surface area contributed by atoms with Crippen LogP contribution in [0.1, 0.15) is 68.6 Å². The van der Waals surface area contributed by atoms with E-state index in [0.717, 1.165) is 27.1 Å². The van der Waals surface area contributed by atoms with Gasteiger partial charge in [0.05, 0.1) is 4.88 Å². The van der Waals surface area contributed by atoms with Crippen molar-refractivity contribution in [3.05, 3.63) is 88.4 Å². The molecule has 2 aromatic carbocycles. The molecule has 2 heterocycles. The van der Waals surface area contributed by atoms with E-state index in [2.05, 4.69) is 41.4 Å². The largest absolute Gasteiger partial charge is 0.508 e. The summed E-state index contributed by atoms with van der Waals surface area (Å²) >= 11 is 1.39. The van der Waals surface area contributed by atoms with E-state index in [1.54, 1.807) is 70.4 Å². The van der Waals surface area contributed by atoms with Crippen LogP contribution in [0.5, 0.6) is 5.75 Å². The Hall–Kier alpha value is -4.57. The number of aromatic nitrogens is 2. The van der Waals surface area contributed by atoms with E-state index in [-0.39, 0.29) is 23.5 Å². The van der Waals surface area contributed by atoms with Crippen LogP contribution in [-0.4, -0.2) is 50.5 Å². The van der Waals surface area contributed by atoms with Crippen molar-refractivity contribution in [2.45, 2.75) is 78.0 Å². The molecule has 2 amide bonds. The van der Waals surface area contributed by atoms with Gasteiger partial charge in [-0.2, -0.15) is 0 Å². The minimum atomic E-state index is -0.950. The minimum absolute atomic E-state index is 0.111. The number of ether oxygens (including phenoxy) is 1. The number of aromatic hydroxyl groups is 1. The summed E-state index contributed by atoms with van der Waals surface area (Å²) in [5, 5.41) is 15.1. The maximum atomic E-state index is 13.5. The first-order valence-corrected chi connectivity index (χ1v) is 15.6. The van der Waals surface area contributed by atoms with Crippen molar-refractivity contribution in [3.63, 3.8) is 0 Å². The van der Waals surface area contributed by atoms with Crippen molar-refractivity contribution >= 4 is 29.1 Å². The maximum absolute atomic E-state index is 13.5. The van der Waals surface area contributed by atoms with E-state index in [9.17, 15) is 19.5 Å². The molecule has 3 N–H and O–H groups in total. The number of benzene rings is 2. The van der Waals surface area contributed by atoms with Crippen molar-refractivity contribution < 1.29 is 24.2 Å². The highest BCUT2D eigenvalue weighted by molar-refractivity contribution is 7.14. The number of carbonyl (C=O) groups is 3. The first-order chi connectivity index (χ1) is 21.1. The summed E-state index contributed by atoms with van der Waals surface area (Å²) in [6, 6.07) is 16.1. The van der Waals surface area contributed by atoms with Crippen LogP contribution in [-0.2, 0) is 26.2 Å². The molecular weight excluding hydrogens is 588 g/mol. The molecule has 0 bridgehead atoms. The summed E-state index contributed by atoms with van der Waals surface area (Å²) in [5.74, 6) is -0.694. The molecule has 236 valence electrons. The number of rotatable bonds is 9. The maximum Gasteiger partial charge on any atom is 0.328 e. The van der Waals surface area contributed by atoms with E-state index in [1.165, 1.54) is 11.3 Å². The van der Waals surface area contributed by atoms with Crippen LogP contribution in [0.4, 0.5) is 0 Å². The highest BCUT2D eigenvalue weighted by Crippen LogP contribution is 2.29. The first-order valence-electron chi connectivity index (χ1n) is 14.7. The van der Waals surface area contributed by atoms with E-state index in [4.69, 9.17) is 4.74 Å². The highest BCUT2D eigenvalue weighted by Gasteiger charge is 2.28. The predicted molar refractivity (Wildman–Crippen MR) is 176 cm³/mol. The molecule has 0 unspecified atom stereocenters. The summed E-state index contributed by atoms with van der Waals surface area (Å²) in [6.45, 7) is 13.1. The number of thiophene rings is 1. The molecule has 4 rings (SSSR count). The van der Waals surface area contributed by atoms with Crippen molar-refractivity contribution in [1.82, 2.24) is 20.6 Å². The molecular formula is C35H40N4O5S. The Morgan fingerprint density at radius 1 is 0.822 bits per heavy atom. The minimum Gasteiger partial charge on any atom is -0.508 e. The van der Waals surface area contributed by atoms with E-state index < -0.39 is 29.6 Å². The molecule has 0 radical (unpaired) electrons. The fraction of sp³-hybridized carbons (Fsp3) is 0.343. The smallest absolute Gasteiger partial charge is 0.328 e. The third-order valence-corrected chi connectivity index (χ3v) is 8.32. The zero-order valence-corrected chi connectivity index (χ0v) is 27.5. The van der Waals surface area contributed by atoms with Gasteiger partial charge in [-0.15, -0.1) is 11.3 Å². The molecule has 4 aromatic rings. The van der Waals surface area contributed by atoms with Crippen LogP contribution in [0.25, 0.3) is 22.5 Å². The molecule has 2 aromatic heterocycles. The monoisotopic (exact) mass is 628 g/mol. The number of nitrogens with one attached hydrogen (secondary N) is 2. The SMILES string of the molecule is C[C@@H](NC(=O)[C@H](Cc1ccc(-c2ncc(-c3ccc(O)cc3)cn2)cc1)NC(=O)c1ccc(C(C)(C)C)s1)C(=O)OC(C)(C)C. The number of nitrogens with zero attached hydrogens (tertiary/aromatic N) is 2. The molecule has 0 saturated heterocycles. The van der Waals surface area contributed by atoms with E-state index in [0.29, 0.717) is 10.7 Å². The van der Waals surface area contributed by atoms with Crippen LogP contribution in [0.3, 0.4) is 0 Å². The van der Waals surface area contributed by atoms with Gasteiger partial charge in [0.25, 0.3) is 5.91 Å². The van der Waals surface area contributed by atoms with Crippen molar-refractivity contribution in [2.24, 2.45) is 0 Å². The number of esters is 1. The second kappa shape index (κ2) is 13.6. The van der Waals surface area contributed by atoms with Crippen molar-refractivity contribution in [2.75, 3.05) is 0 Å². The van der Waals surface area contributed by atoms with Gasteiger partial charge in [-0.05, 0) is 68.5 Å². The number of phenolic OH excluding ortho intramolecular Hbond substituents is 1. The summed E-state index contributed by atoms with van der Waals surface area (Å²) < 4.78 is 5.41. The number of hydrogen-bond acceptors (Lipinski definition) is 8. The normalized spacial score (nSPS) is 13.0. The lowest BCUT2D eigenvalue weighted by molar-refractivity contribution is -0.158. The fourth-order valence-electron chi connectivity index (χ4n) is 4.37. The summed E-state index contributed by atoms with van der Waals surface area (Å²) in [5.41, 5.74) is 2.48. The fourth-order valence-corrected chi connectivity index (χ4v) is 5.34. The van der Waals surface area contributed by atoms with Gasteiger partial charge in [-0.1, -0.05) is 57.2 Å². The van der Waals surface area contributed by atoms with Crippen molar-refractivity contribution in [1.29, 1.82) is 0 Å². The van der Waals surface area contributed by atoms with Crippen LogP contribution >= 0.6 is 11.3 Å². The lowest BCUT2D eigenvalue weighted by Crippen LogP contribution is -2.52. The highest BCUT2D eigenvalue weighted by atomic mass is 32.1. The van der Waals surface area contributed by atoms with Crippen LogP contribution < -0.4 is 10.6 Å². The molecule has 0 aliphatic heterocycles. The Bertz CT molecular complexity index is 1630. The Kier molecular flexibility index (Phi) is 10.1. The number of carbonyl (C=O) groups excluding carboxylic acids is 3. The molecule has 0 aliphatic rings. The Labute approximate surface area is 268 Å². The first kappa shape index (κ1) is 33.3. The molecule has 0 aliphatic carbocycles. The Balaban J connectivity index is 1.51. The molecule has 10 heteroatoms. The molecule has 0 saturated carbocycles.